The third-order valence-electron chi connectivity index (χ3n) is 8.14. The minimum absolute atomic E-state index is 0.0803. The molecule has 41 heavy (non-hydrogen) atoms. The molecule has 0 spiro atoms. The summed E-state index contributed by atoms with van der Waals surface area (Å²) >= 11 is 0. The molecule has 7 rings (SSSR count). The summed E-state index contributed by atoms with van der Waals surface area (Å²) in [5.41, 5.74) is 6.02. The smallest absolute Gasteiger partial charge is 0.248 e. The van der Waals surface area contributed by atoms with Gasteiger partial charge >= 0.3 is 0 Å². The molecule has 3 aromatic carbocycles. The molecular weight excluding hydrogens is 512 g/mol. The maximum atomic E-state index is 6.13. The van der Waals surface area contributed by atoms with Crippen LogP contribution in [-0.2, 0) is 5.41 Å². The predicted molar refractivity (Wildman–Crippen MR) is 157 cm³/mol. The van der Waals surface area contributed by atoms with Crippen LogP contribution < -0.4 is 4.74 Å². The quantitative estimate of drug-likeness (QED) is 0.191. The number of nitrogens with zero attached hydrogens (tertiary/aromatic N) is 4. The van der Waals surface area contributed by atoms with Crippen molar-refractivity contribution in [3.63, 3.8) is 0 Å². The highest BCUT2D eigenvalue weighted by Crippen LogP contribution is 2.43. The lowest BCUT2D eigenvalue weighted by atomic mass is 9.87. The third kappa shape index (κ3) is 5.20. The second-order valence-corrected chi connectivity index (χ2v) is 12.1. The highest BCUT2D eigenvalue weighted by atomic mass is 16.5. The van der Waals surface area contributed by atoms with Crippen LogP contribution in [0.4, 0.5) is 0 Å². The molecule has 0 aliphatic heterocycles. The Morgan fingerprint density at radius 2 is 1.29 bits per heavy atom. The summed E-state index contributed by atoms with van der Waals surface area (Å²) < 4.78 is 18.2. The van der Waals surface area contributed by atoms with Crippen molar-refractivity contribution in [2.75, 3.05) is 6.61 Å². The number of rotatable bonds is 7. The first kappa shape index (κ1) is 25.4. The fourth-order valence-corrected chi connectivity index (χ4v) is 5.81. The van der Waals surface area contributed by atoms with Gasteiger partial charge in [-0.15, -0.1) is 20.4 Å². The van der Waals surface area contributed by atoms with Crippen LogP contribution in [0.25, 0.3) is 45.8 Å². The first-order valence-electron chi connectivity index (χ1n) is 14.2. The Labute approximate surface area is 239 Å². The fraction of sp³-hybridized carbons (Fsp3) is 0.294. The maximum absolute atomic E-state index is 6.13. The summed E-state index contributed by atoms with van der Waals surface area (Å²) in [6, 6.07) is 23.7. The molecule has 2 bridgehead atoms. The molecule has 2 aliphatic rings. The van der Waals surface area contributed by atoms with E-state index in [1.54, 1.807) is 0 Å². The minimum Gasteiger partial charge on any atom is -0.489 e. The Bertz CT molecular complexity index is 1730. The van der Waals surface area contributed by atoms with Crippen molar-refractivity contribution in [1.29, 1.82) is 0 Å². The van der Waals surface area contributed by atoms with E-state index in [-0.39, 0.29) is 5.41 Å². The van der Waals surface area contributed by atoms with Gasteiger partial charge in [-0.3, -0.25) is 0 Å². The van der Waals surface area contributed by atoms with Gasteiger partial charge in [-0.05, 0) is 96.2 Å². The maximum Gasteiger partial charge on any atom is 0.248 e. The number of hydrogen-bond acceptors (Lipinski definition) is 7. The molecule has 2 atom stereocenters. The fourth-order valence-electron chi connectivity index (χ4n) is 5.81. The van der Waals surface area contributed by atoms with Crippen molar-refractivity contribution in [2.24, 2.45) is 11.8 Å². The highest BCUT2D eigenvalue weighted by Gasteiger charge is 2.32. The Hall–Kier alpha value is -4.52. The molecule has 0 radical (unpaired) electrons. The van der Waals surface area contributed by atoms with E-state index in [0.717, 1.165) is 33.9 Å². The Balaban J connectivity index is 1.07. The van der Waals surface area contributed by atoms with Gasteiger partial charge in [0.05, 0.1) is 0 Å². The molecular formula is C34H32N4O3. The molecule has 0 amide bonds. The van der Waals surface area contributed by atoms with Gasteiger partial charge in [-0.25, -0.2) is 0 Å². The predicted octanol–water partition coefficient (Wildman–Crippen LogP) is 8.15. The number of fused-ring (bicyclic) bond motifs is 2. The van der Waals surface area contributed by atoms with Crippen LogP contribution >= 0.6 is 0 Å². The van der Waals surface area contributed by atoms with E-state index in [1.165, 1.54) is 30.4 Å². The van der Waals surface area contributed by atoms with Gasteiger partial charge in [0, 0.05) is 22.3 Å². The Kier molecular flexibility index (Phi) is 6.30. The van der Waals surface area contributed by atoms with Crippen molar-refractivity contribution in [2.45, 2.75) is 45.4 Å². The zero-order chi connectivity index (χ0) is 28.0. The lowest BCUT2D eigenvalue weighted by molar-refractivity contribution is 0.336. The van der Waals surface area contributed by atoms with E-state index in [1.807, 2.05) is 60.7 Å². The molecule has 2 unspecified atom stereocenters. The van der Waals surface area contributed by atoms with E-state index >= 15 is 0 Å². The van der Waals surface area contributed by atoms with E-state index < -0.39 is 0 Å². The van der Waals surface area contributed by atoms with Crippen LogP contribution in [0.1, 0.15) is 45.6 Å². The minimum atomic E-state index is 0.0803. The SMILES string of the molecule is CC(C)(C)c1ccc(-c2nnc(-c3cccc(-c4nnc(-c5cccc(OCC6=CC7CCC6C7)c5)o4)c3)o2)cc1. The van der Waals surface area contributed by atoms with Crippen molar-refractivity contribution < 1.29 is 13.6 Å². The van der Waals surface area contributed by atoms with E-state index in [2.05, 4.69) is 59.4 Å². The lowest BCUT2D eigenvalue weighted by Crippen LogP contribution is -2.10. The number of hydrogen-bond donors (Lipinski definition) is 0. The van der Waals surface area contributed by atoms with E-state index in [0.29, 0.717) is 36.1 Å². The molecule has 2 heterocycles. The van der Waals surface area contributed by atoms with Gasteiger partial charge in [0.2, 0.25) is 23.6 Å². The largest absolute Gasteiger partial charge is 0.489 e. The highest BCUT2D eigenvalue weighted by molar-refractivity contribution is 5.66. The first-order valence-corrected chi connectivity index (χ1v) is 14.2. The molecule has 2 aliphatic carbocycles. The van der Waals surface area contributed by atoms with Crippen molar-refractivity contribution in [1.82, 2.24) is 20.4 Å². The third-order valence-corrected chi connectivity index (χ3v) is 8.14. The van der Waals surface area contributed by atoms with Crippen LogP contribution in [0.2, 0.25) is 0 Å². The molecule has 5 aromatic rings. The number of benzene rings is 3. The first-order chi connectivity index (χ1) is 19.9. The molecule has 1 saturated carbocycles. The van der Waals surface area contributed by atoms with Gasteiger partial charge in [-0.2, -0.15) is 0 Å². The normalized spacial score (nSPS) is 18.1. The van der Waals surface area contributed by atoms with Crippen LogP contribution in [0.15, 0.2) is 93.3 Å². The van der Waals surface area contributed by atoms with Crippen molar-refractivity contribution in [3.05, 3.63) is 90.0 Å². The average Bonchev–Trinajstić information content (AvgIpc) is 3.81. The van der Waals surface area contributed by atoms with E-state index in [9.17, 15) is 0 Å². The summed E-state index contributed by atoms with van der Waals surface area (Å²) in [6.07, 6.45) is 6.33. The van der Waals surface area contributed by atoms with E-state index in [4.69, 9.17) is 13.6 Å². The number of allylic oxidation sites excluding steroid dienone is 1. The lowest BCUT2D eigenvalue weighted by Gasteiger charge is -2.18. The van der Waals surface area contributed by atoms with Gasteiger partial charge in [0.15, 0.2) is 0 Å². The second-order valence-electron chi connectivity index (χ2n) is 12.1. The zero-order valence-electron chi connectivity index (χ0n) is 23.5. The monoisotopic (exact) mass is 544 g/mol. The van der Waals surface area contributed by atoms with Crippen LogP contribution in [-0.4, -0.2) is 27.0 Å². The summed E-state index contributed by atoms with van der Waals surface area (Å²) in [4.78, 5) is 0. The molecule has 206 valence electrons. The van der Waals surface area contributed by atoms with Gasteiger partial charge in [-0.1, -0.05) is 51.1 Å². The Morgan fingerprint density at radius 3 is 1.85 bits per heavy atom. The Morgan fingerprint density at radius 1 is 0.707 bits per heavy atom. The van der Waals surface area contributed by atoms with Crippen LogP contribution in [0.5, 0.6) is 5.75 Å². The average molecular weight is 545 g/mol. The van der Waals surface area contributed by atoms with Crippen LogP contribution in [0.3, 0.4) is 0 Å². The molecule has 7 nitrogen and oxygen atoms in total. The number of aromatic nitrogens is 4. The summed E-state index contributed by atoms with van der Waals surface area (Å²) in [5.74, 6) is 4.02. The van der Waals surface area contributed by atoms with Gasteiger partial charge in [0.25, 0.3) is 0 Å². The molecule has 2 aromatic heterocycles. The van der Waals surface area contributed by atoms with Crippen molar-refractivity contribution >= 4 is 0 Å². The molecule has 7 heteroatoms. The van der Waals surface area contributed by atoms with Gasteiger partial charge < -0.3 is 13.6 Å². The molecule has 1 fully saturated rings. The molecule has 0 N–H and O–H groups in total. The summed E-state index contributed by atoms with van der Waals surface area (Å²) in [7, 11) is 0. The van der Waals surface area contributed by atoms with Gasteiger partial charge in [0.1, 0.15) is 12.4 Å². The topological polar surface area (TPSA) is 87.1 Å². The molecule has 0 saturated heterocycles. The zero-order valence-corrected chi connectivity index (χ0v) is 23.5. The summed E-state index contributed by atoms with van der Waals surface area (Å²) in [5, 5.41) is 17.2. The standard InChI is InChI=1S/C34H32N4O3/c1-34(2,3)28-14-12-22(13-15-28)30-35-36-31(40-30)24-6-4-7-25(18-24)32-37-38-33(41-32)26-8-5-9-29(19-26)39-20-27-17-21-10-11-23(27)16-21/h4-9,12-15,17-19,21,23H,10-11,16,20H2,1-3H3. The number of ether oxygens (including phenoxy) is 1. The summed E-state index contributed by atoms with van der Waals surface area (Å²) in [6.45, 7) is 7.22. The second kappa shape index (κ2) is 10.1. The van der Waals surface area contributed by atoms with Crippen molar-refractivity contribution in [3.8, 4) is 51.6 Å². The van der Waals surface area contributed by atoms with Crippen LogP contribution in [0, 0.1) is 11.8 Å².